The highest BCUT2D eigenvalue weighted by Gasteiger charge is 2.26. The average Bonchev–Trinajstić information content (AvgIpc) is 2.59. The molecule has 0 spiro atoms. The zero-order chi connectivity index (χ0) is 13.0. The molecule has 98 valence electrons. The summed E-state index contributed by atoms with van der Waals surface area (Å²) in [5.41, 5.74) is 2.66. The molecule has 0 radical (unpaired) electrons. The van der Waals surface area contributed by atoms with Gasteiger partial charge < -0.3 is 4.90 Å². The molecule has 1 atom stereocenters. The number of hydrogen-bond donors (Lipinski definition) is 0. The molecule has 2 aliphatic heterocycles. The van der Waals surface area contributed by atoms with Crippen LogP contribution < -0.4 is 0 Å². The molecule has 0 aromatic rings. The highest BCUT2D eigenvalue weighted by molar-refractivity contribution is 5.88. The summed E-state index contributed by atoms with van der Waals surface area (Å²) in [4.78, 5) is 13.8. The van der Waals surface area contributed by atoms with Crippen LogP contribution in [0.5, 0.6) is 0 Å². The summed E-state index contributed by atoms with van der Waals surface area (Å²) in [5.74, 6) is 0.181. The van der Waals surface area contributed by atoms with Crippen LogP contribution in [0.15, 0.2) is 36.0 Å². The van der Waals surface area contributed by atoms with E-state index in [1.54, 1.807) is 6.08 Å². The number of unbranched alkanes of at least 4 members (excludes halogenated alkanes) is 1. The monoisotopic (exact) mass is 245 g/mol. The van der Waals surface area contributed by atoms with Gasteiger partial charge in [0.1, 0.15) is 0 Å². The molecular formula is C16H23NO. The summed E-state index contributed by atoms with van der Waals surface area (Å²) in [6, 6.07) is 0.374. The fourth-order valence-corrected chi connectivity index (χ4v) is 2.74. The summed E-state index contributed by atoms with van der Waals surface area (Å²) >= 11 is 0. The Morgan fingerprint density at radius 1 is 1.50 bits per heavy atom. The normalized spacial score (nSPS) is 23.4. The minimum atomic E-state index is 0.181. The molecule has 18 heavy (non-hydrogen) atoms. The van der Waals surface area contributed by atoms with Gasteiger partial charge in [-0.2, -0.15) is 0 Å². The molecule has 2 heteroatoms. The molecule has 0 N–H and O–H groups in total. The average molecular weight is 245 g/mol. The summed E-state index contributed by atoms with van der Waals surface area (Å²) in [5, 5.41) is 0. The number of carbonyl (C=O) groups is 1. The van der Waals surface area contributed by atoms with Crippen molar-refractivity contribution in [1.82, 2.24) is 4.90 Å². The van der Waals surface area contributed by atoms with Gasteiger partial charge in [0.05, 0.1) is 0 Å². The van der Waals surface area contributed by atoms with Crippen LogP contribution in [-0.4, -0.2) is 23.4 Å². The highest BCUT2D eigenvalue weighted by Crippen LogP contribution is 2.27. The fraction of sp³-hybridized carbons (Fsp3) is 0.562. The van der Waals surface area contributed by atoms with Gasteiger partial charge in [-0.1, -0.05) is 37.6 Å². The van der Waals surface area contributed by atoms with E-state index >= 15 is 0 Å². The minimum Gasteiger partial charge on any atom is -0.335 e. The predicted octanol–water partition coefficient (Wildman–Crippen LogP) is 3.61. The van der Waals surface area contributed by atoms with Gasteiger partial charge >= 0.3 is 0 Å². The Morgan fingerprint density at radius 2 is 2.33 bits per heavy atom. The smallest absolute Gasteiger partial charge is 0.246 e. The molecule has 1 amide bonds. The SMILES string of the molecule is C=C(CCCC)C1=CCC2CC=CC(=O)N2CC1. The largest absolute Gasteiger partial charge is 0.335 e. The lowest BCUT2D eigenvalue weighted by atomic mass is 9.98. The summed E-state index contributed by atoms with van der Waals surface area (Å²) < 4.78 is 0. The van der Waals surface area contributed by atoms with Crippen LogP contribution in [0.4, 0.5) is 0 Å². The van der Waals surface area contributed by atoms with Crippen molar-refractivity contribution in [2.75, 3.05) is 6.54 Å². The second-order valence-corrected chi connectivity index (χ2v) is 5.25. The number of carbonyl (C=O) groups excluding carboxylic acids is 1. The van der Waals surface area contributed by atoms with Crippen LogP contribution in [0, 0.1) is 0 Å². The molecule has 2 nitrogen and oxygen atoms in total. The maximum Gasteiger partial charge on any atom is 0.246 e. The van der Waals surface area contributed by atoms with Crippen LogP contribution in [0.1, 0.15) is 45.4 Å². The van der Waals surface area contributed by atoms with E-state index in [0.29, 0.717) is 6.04 Å². The van der Waals surface area contributed by atoms with Gasteiger partial charge in [-0.05, 0) is 43.8 Å². The lowest BCUT2D eigenvalue weighted by Gasteiger charge is -2.31. The first-order valence-corrected chi connectivity index (χ1v) is 7.06. The van der Waals surface area contributed by atoms with E-state index in [1.807, 2.05) is 11.0 Å². The summed E-state index contributed by atoms with van der Waals surface area (Å²) in [6.45, 7) is 7.27. The Labute approximate surface area is 110 Å². The molecule has 2 rings (SSSR count). The second kappa shape index (κ2) is 6.03. The summed E-state index contributed by atoms with van der Waals surface area (Å²) in [6.07, 6.45) is 12.5. The van der Waals surface area contributed by atoms with E-state index in [4.69, 9.17) is 0 Å². The van der Waals surface area contributed by atoms with Crippen molar-refractivity contribution >= 4 is 5.91 Å². The Morgan fingerprint density at radius 3 is 3.11 bits per heavy atom. The van der Waals surface area contributed by atoms with Crippen molar-refractivity contribution in [3.8, 4) is 0 Å². The van der Waals surface area contributed by atoms with Crippen molar-refractivity contribution < 1.29 is 4.79 Å². The third-order valence-corrected chi connectivity index (χ3v) is 3.94. The zero-order valence-electron chi connectivity index (χ0n) is 11.3. The second-order valence-electron chi connectivity index (χ2n) is 5.25. The van der Waals surface area contributed by atoms with Crippen LogP contribution in [0.3, 0.4) is 0 Å². The predicted molar refractivity (Wildman–Crippen MR) is 75.2 cm³/mol. The first kappa shape index (κ1) is 13.1. The molecular weight excluding hydrogens is 222 g/mol. The quantitative estimate of drug-likeness (QED) is 0.741. The number of fused-ring (bicyclic) bond motifs is 1. The Hall–Kier alpha value is -1.31. The molecule has 2 heterocycles. The molecule has 0 aromatic carbocycles. The topological polar surface area (TPSA) is 20.3 Å². The van der Waals surface area contributed by atoms with Gasteiger partial charge in [0, 0.05) is 12.6 Å². The summed E-state index contributed by atoms with van der Waals surface area (Å²) in [7, 11) is 0. The molecule has 0 saturated heterocycles. The minimum absolute atomic E-state index is 0.181. The molecule has 0 aliphatic carbocycles. The molecule has 0 aromatic heterocycles. The standard InChI is InChI=1S/C16H23NO/c1-3-4-6-13(2)14-9-10-15-7-5-8-16(18)17(15)12-11-14/h5,8-9,15H,2-4,6-7,10-12H2,1H3. The van der Waals surface area contributed by atoms with Gasteiger partial charge in [0.15, 0.2) is 0 Å². The maximum atomic E-state index is 11.8. The number of nitrogens with zero attached hydrogens (tertiary/aromatic N) is 1. The Balaban J connectivity index is 2.00. The van der Waals surface area contributed by atoms with E-state index in [-0.39, 0.29) is 5.91 Å². The van der Waals surface area contributed by atoms with Gasteiger partial charge in [0.2, 0.25) is 5.91 Å². The zero-order valence-corrected chi connectivity index (χ0v) is 11.3. The van der Waals surface area contributed by atoms with E-state index in [9.17, 15) is 4.79 Å². The van der Waals surface area contributed by atoms with Crippen molar-refractivity contribution in [2.24, 2.45) is 0 Å². The van der Waals surface area contributed by atoms with Crippen LogP contribution >= 0.6 is 0 Å². The fourth-order valence-electron chi connectivity index (χ4n) is 2.74. The van der Waals surface area contributed by atoms with Crippen LogP contribution in [-0.2, 0) is 4.79 Å². The first-order valence-electron chi connectivity index (χ1n) is 7.06. The van der Waals surface area contributed by atoms with E-state index in [0.717, 1.165) is 32.2 Å². The molecule has 2 aliphatic rings. The number of rotatable bonds is 4. The first-order chi connectivity index (χ1) is 8.72. The van der Waals surface area contributed by atoms with Crippen molar-refractivity contribution in [2.45, 2.75) is 51.5 Å². The van der Waals surface area contributed by atoms with Crippen LogP contribution in [0.25, 0.3) is 0 Å². The Kier molecular flexibility index (Phi) is 4.40. The molecule has 0 fully saturated rings. The number of hydrogen-bond acceptors (Lipinski definition) is 1. The Bertz CT molecular complexity index is 392. The third-order valence-electron chi connectivity index (χ3n) is 3.94. The molecule has 1 unspecified atom stereocenters. The molecule has 0 saturated carbocycles. The van der Waals surface area contributed by atoms with Crippen LogP contribution in [0.2, 0.25) is 0 Å². The number of amides is 1. The van der Waals surface area contributed by atoms with Gasteiger partial charge in [-0.3, -0.25) is 4.79 Å². The van der Waals surface area contributed by atoms with E-state index in [2.05, 4.69) is 19.6 Å². The maximum absolute atomic E-state index is 11.8. The molecule has 0 bridgehead atoms. The van der Waals surface area contributed by atoms with Gasteiger partial charge in [0.25, 0.3) is 0 Å². The number of allylic oxidation sites excluding steroid dienone is 1. The van der Waals surface area contributed by atoms with Crippen molar-refractivity contribution in [3.05, 3.63) is 36.0 Å². The van der Waals surface area contributed by atoms with E-state index < -0.39 is 0 Å². The van der Waals surface area contributed by atoms with E-state index in [1.165, 1.54) is 24.0 Å². The van der Waals surface area contributed by atoms with Crippen molar-refractivity contribution in [3.63, 3.8) is 0 Å². The third kappa shape index (κ3) is 2.92. The lowest BCUT2D eigenvalue weighted by Crippen LogP contribution is -2.41. The van der Waals surface area contributed by atoms with Crippen molar-refractivity contribution in [1.29, 1.82) is 0 Å². The lowest BCUT2D eigenvalue weighted by molar-refractivity contribution is -0.128. The van der Waals surface area contributed by atoms with Gasteiger partial charge in [-0.25, -0.2) is 0 Å². The van der Waals surface area contributed by atoms with Gasteiger partial charge in [-0.15, -0.1) is 0 Å². The highest BCUT2D eigenvalue weighted by atomic mass is 16.2.